The number of carbonyl (C=O) groups excluding carboxylic acids is 1. The second-order valence-corrected chi connectivity index (χ2v) is 4.14. The number of rotatable bonds is 3. The molecule has 1 saturated heterocycles. The molecule has 1 aliphatic rings. The molecule has 18 heavy (non-hydrogen) atoms. The summed E-state index contributed by atoms with van der Waals surface area (Å²) in [5.41, 5.74) is 0.301. The smallest absolute Gasteiger partial charge is 0.273 e. The maximum Gasteiger partial charge on any atom is 0.273 e. The third-order valence-electron chi connectivity index (χ3n) is 3.02. The Morgan fingerprint density at radius 3 is 2.61 bits per heavy atom. The number of carbonyl (C=O) groups is 1. The minimum absolute atomic E-state index is 0.0789. The SMILES string of the molecule is COc1cc([N+](=O)[O-])ccc1C(=O)N1CCCC1. The van der Waals surface area contributed by atoms with Gasteiger partial charge in [0.25, 0.3) is 11.6 Å². The van der Waals surface area contributed by atoms with E-state index in [1.165, 1.54) is 25.3 Å². The Hall–Kier alpha value is -2.11. The summed E-state index contributed by atoms with van der Waals surface area (Å²) in [5.74, 6) is 0.125. The van der Waals surface area contributed by atoms with Gasteiger partial charge in [-0.25, -0.2) is 0 Å². The average molecular weight is 250 g/mol. The van der Waals surface area contributed by atoms with E-state index in [0.717, 1.165) is 25.9 Å². The maximum atomic E-state index is 12.2. The van der Waals surface area contributed by atoms with Gasteiger partial charge in [0.1, 0.15) is 5.75 Å². The fourth-order valence-electron chi connectivity index (χ4n) is 2.06. The van der Waals surface area contributed by atoms with Gasteiger partial charge >= 0.3 is 0 Å². The monoisotopic (exact) mass is 250 g/mol. The number of hydrogen-bond acceptors (Lipinski definition) is 4. The molecule has 1 heterocycles. The number of nitro groups is 1. The number of hydrogen-bond donors (Lipinski definition) is 0. The van der Waals surface area contributed by atoms with Crippen LogP contribution < -0.4 is 4.74 Å². The molecule has 1 aliphatic heterocycles. The maximum absolute atomic E-state index is 12.2. The van der Waals surface area contributed by atoms with Crippen LogP contribution in [-0.4, -0.2) is 35.9 Å². The van der Waals surface area contributed by atoms with Crippen LogP contribution in [0.25, 0.3) is 0 Å². The largest absolute Gasteiger partial charge is 0.496 e. The Bertz CT molecular complexity index is 481. The molecule has 0 aliphatic carbocycles. The van der Waals surface area contributed by atoms with Gasteiger partial charge in [0.05, 0.1) is 23.7 Å². The summed E-state index contributed by atoms with van der Waals surface area (Å²) in [4.78, 5) is 24.1. The van der Waals surface area contributed by atoms with Crippen LogP contribution in [0.3, 0.4) is 0 Å². The van der Waals surface area contributed by atoms with Gasteiger partial charge in [-0.2, -0.15) is 0 Å². The Balaban J connectivity index is 2.32. The number of likely N-dealkylation sites (tertiary alicyclic amines) is 1. The molecule has 0 atom stereocenters. The number of benzene rings is 1. The van der Waals surface area contributed by atoms with Gasteiger partial charge in [-0.05, 0) is 18.9 Å². The number of methoxy groups -OCH3 is 1. The lowest BCUT2D eigenvalue weighted by molar-refractivity contribution is -0.384. The lowest BCUT2D eigenvalue weighted by Gasteiger charge is -2.16. The third kappa shape index (κ3) is 2.27. The van der Waals surface area contributed by atoms with Crippen LogP contribution in [0.5, 0.6) is 5.75 Å². The average Bonchev–Trinajstić information content (AvgIpc) is 2.90. The molecule has 0 spiro atoms. The minimum atomic E-state index is -0.507. The molecule has 0 radical (unpaired) electrons. The summed E-state index contributed by atoms with van der Waals surface area (Å²) < 4.78 is 5.06. The molecule has 1 aromatic rings. The van der Waals surface area contributed by atoms with Crippen LogP contribution in [0, 0.1) is 10.1 Å². The summed E-state index contributed by atoms with van der Waals surface area (Å²) in [7, 11) is 1.40. The first-order valence-corrected chi connectivity index (χ1v) is 5.75. The Kier molecular flexibility index (Phi) is 3.45. The van der Waals surface area contributed by atoms with E-state index >= 15 is 0 Å². The topological polar surface area (TPSA) is 72.7 Å². The molecule has 6 heteroatoms. The molecule has 0 aromatic heterocycles. The molecule has 0 saturated carbocycles. The van der Waals surface area contributed by atoms with E-state index in [1.807, 2.05) is 0 Å². The normalized spacial score (nSPS) is 14.6. The van der Waals surface area contributed by atoms with Crippen molar-refractivity contribution in [3.8, 4) is 5.75 Å². The molecular formula is C12H14N2O4. The van der Waals surface area contributed by atoms with Crippen molar-refractivity contribution in [1.82, 2.24) is 4.90 Å². The van der Waals surface area contributed by atoms with E-state index in [4.69, 9.17) is 4.74 Å². The molecule has 6 nitrogen and oxygen atoms in total. The second kappa shape index (κ2) is 5.03. The van der Waals surface area contributed by atoms with Crippen LogP contribution in [0.1, 0.15) is 23.2 Å². The van der Waals surface area contributed by atoms with Gasteiger partial charge in [-0.1, -0.05) is 0 Å². The van der Waals surface area contributed by atoms with E-state index in [2.05, 4.69) is 0 Å². The fraction of sp³-hybridized carbons (Fsp3) is 0.417. The summed E-state index contributed by atoms with van der Waals surface area (Å²) in [6.45, 7) is 1.47. The molecular weight excluding hydrogens is 236 g/mol. The van der Waals surface area contributed by atoms with Crippen molar-refractivity contribution in [2.24, 2.45) is 0 Å². The minimum Gasteiger partial charge on any atom is -0.496 e. The van der Waals surface area contributed by atoms with Gasteiger partial charge in [0, 0.05) is 19.2 Å². The number of nitro benzene ring substituents is 1. The molecule has 2 rings (SSSR count). The summed E-state index contributed by atoms with van der Waals surface area (Å²) in [5, 5.41) is 10.7. The van der Waals surface area contributed by atoms with E-state index in [1.54, 1.807) is 4.90 Å². The van der Waals surface area contributed by atoms with E-state index in [0.29, 0.717) is 5.56 Å². The molecule has 0 bridgehead atoms. The lowest BCUT2D eigenvalue weighted by Crippen LogP contribution is -2.27. The van der Waals surface area contributed by atoms with Crippen LogP contribution in [0.2, 0.25) is 0 Å². The predicted molar refractivity (Wildman–Crippen MR) is 64.8 cm³/mol. The van der Waals surface area contributed by atoms with Crippen molar-refractivity contribution in [3.05, 3.63) is 33.9 Å². The van der Waals surface area contributed by atoms with Gasteiger partial charge in [-0.15, -0.1) is 0 Å². The first-order chi connectivity index (χ1) is 8.63. The summed E-state index contributed by atoms with van der Waals surface area (Å²) in [6.07, 6.45) is 2.00. The van der Waals surface area contributed by atoms with Gasteiger partial charge in [-0.3, -0.25) is 14.9 Å². The van der Waals surface area contributed by atoms with Crippen molar-refractivity contribution < 1.29 is 14.5 Å². The molecule has 96 valence electrons. The van der Waals surface area contributed by atoms with Crippen LogP contribution in [0.4, 0.5) is 5.69 Å². The fourth-order valence-corrected chi connectivity index (χ4v) is 2.06. The van der Waals surface area contributed by atoms with Gasteiger partial charge in [0.2, 0.25) is 0 Å². The summed E-state index contributed by atoms with van der Waals surface area (Å²) >= 11 is 0. The molecule has 1 aromatic carbocycles. The first-order valence-electron chi connectivity index (χ1n) is 5.75. The molecule has 0 unspecified atom stereocenters. The quantitative estimate of drug-likeness (QED) is 0.606. The highest BCUT2D eigenvalue weighted by Gasteiger charge is 2.23. The zero-order chi connectivity index (χ0) is 13.1. The van der Waals surface area contributed by atoms with Crippen molar-refractivity contribution in [2.45, 2.75) is 12.8 Å². The number of ether oxygens (including phenoxy) is 1. The Morgan fingerprint density at radius 1 is 1.39 bits per heavy atom. The Morgan fingerprint density at radius 2 is 2.06 bits per heavy atom. The highest BCUT2D eigenvalue weighted by atomic mass is 16.6. The zero-order valence-electron chi connectivity index (χ0n) is 10.1. The standard InChI is InChI=1S/C12H14N2O4/c1-18-11-8-9(14(16)17)4-5-10(11)12(15)13-6-2-3-7-13/h4-5,8H,2-3,6-7H2,1H3. The van der Waals surface area contributed by atoms with Crippen LogP contribution >= 0.6 is 0 Å². The van der Waals surface area contributed by atoms with Crippen LogP contribution in [0.15, 0.2) is 18.2 Å². The predicted octanol–water partition coefficient (Wildman–Crippen LogP) is 1.84. The van der Waals surface area contributed by atoms with Crippen molar-refractivity contribution >= 4 is 11.6 Å². The highest BCUT2D eigenvalue weighted by Crippen LogP contribution is 2.26. The van der Waals surface area contributed by atoms with Crippen molar-refractivity contribution in [3.63, 3.8) is 0 Å². The second-order valence-electron chi connectivity index (χ2n) is 4.14. The van der Waals surface area contributed by atoms with E-state index < -0.39 is 4.92 Å². The van der Waals surface area contributed by atoms with Crippen molar-refractivity contribution in [2.75, 3.05) is 20.2 Å². The number of nitrogens with zero attached hydrogens (tertiary/aromatic N) is 2. The van der Waals surface area contributed by atoms with Gasteiger partial charge < -0.3 is 9.64 Å². The van der Waals surface area contributed by atoms with E-state index in [-0.39, 0.29) is 17.3 Å². The van der Waals surface area contributed by atoms with Crippen LogP contribution in [-0.2, 0) is 0 Å². The van der Waals surface area contributed by atoms with Crippen molar-refractivity contribution in [1.29, 1.82) is 0 Å². The van der Waals surface area contributed by atoms with E-state index in [9.17, 15) is 14.9 Å². The number of non-ortho nitro benzene ring substituents is 1. The third-order valence-corrected chi connectivity index (χ3v) is 3.02. The Labute approximate surface area is 104 Å². The zero-order valence-corrected chi connectivity index (χ0v) is 10.1. The highest BCUT2D eigenvalue weighted by molar-refractivity contribution is 5.97. The summed E-state index contributed by atoms with van der Waals surface area (Å²) in [6, 6.07) is 4.06. The first kappa shape index (κ1) is 12.3. The van der Waals surface area contributed by atoms with Gasteiger partial charge in [0.15, 0.2) is 0 Å². The molecule has 0 N–H and O–H groups in total. The number of amides is 1. The lowest BCUT2D eigenvalue weighted by atomic mass is 10.1. The molecule has 1 amide bonds. The molecule has 1 fully saturated rings.